The Balaban J connectivity index is 1.27. The molecule has 0 saturated carbocycles. The largest absolute Gasteiger partial charge is 0.419 e. The molecule has 1 atom stereocenters. The highest BCUT2D eigenvalue weighted by Crippen LogP contribution is 2.39. The maximum atomic E-state index is 14.7. The van der Waals surface area contributed by atoms with E-state index in [1.807, 2.05) is 5.32 Å². The van der Waals surface area contributed by atoms with Crippen molar-refractivity contribution in [3.05, 3.63) is 82.3 Å². The van der Waals surface area contributed by atoms with Crippen LogP contribution >= 0.6 is 11.6 Å². The molecule has 0 aliphatic carbocycles. The van der Waals surface area contributed by atoms with Gasteiger partial charge in [0.05, 0.1) is 11.1 Å². The maximum absolute atomic E-state index is 14.7. The van der Waals surface area contributed by atoms with Gasteiger partial charge >= 0.3 is 6.18 Å². The molecule has 3 N–H and O–H groups in total. The molecule has 1 aliphatic heterocycles. The standard InChI is InChI=1S/C32H34ClF4N5O3/c1-20(5-8-29(44)40-19-43)41-31(45)26-7-6-22(13-28(26)34)17-38-16-21-9-11-42(12-10-21)30-27(32(35,36)37)15-24(18-39-30)23-3-2-4-25(33)14-23/h2-4,6-7,13-15,18-21,38H,5,8-12,16-17H2,1H3,(H,41,45)(H,40,43,44). The number of carbonyl (C=O) groups is 3. The van der Waals surface area contributed by atoms with E-state index in [0.717, 1.165) is 6.07 Å². The Morgan fingerprint density at radius 3 is 2.53 bits per heavy atom. The van der Waals surface area contributed by atoms with Gasteiger partial charge < -0.3 is 15.5 Å². The molecule has 2 aromatic carbocycles. The molecule has 2 heterocycles. The summed E-state index contributed by atoms with van der Waals surface area (Å²) in [5.74, 6) is -1.62. The predicted octanol–water partition coefficient (Wildman–Crippen LogP) is 5.74. The first kappa shape index (κ1) is 33.9. The van der Waals surface area contributed by atoms with Crippen molar-refractivity contribution >= 4 is 35.6 Å². The summed E-state index contributed by atoms with van der Waals surface area (Å²) in [6, 6.07) is 11.7. The highest BCUT2D eigenvalue weighted by molar-refractivity contribution is 6.30. The van der Waals surface area contributed by atoms with Crippen molar-refractivity contribution in [3.63, 3.8) is 0 Å². The number of nitrogens with one attached hydrogen (secondary N) is 3. The molecule has 8 nitrogen and oxygen atoms in total. The number of amides is 3. The lowest BCUT2D eigenvalue weighted by Crippen LogP contribution is -2.38. The second-order valence-electron chi connectivity index (χ2n) is 11.1. The first-order valence-electron chi connectivity index (χ1n) is 14.6. The van der Waals surface area contributed by atoms with E-state index in [1.54, 1.807) is 42.2 Å². The number of alkyl halides is 3. The normalized spacial score (nSPS) is 14.6. The zero-order valence-corrected chi connectivity index (χ0v) is 25.3. The number of hydrogen-bond donors (Lipinski definition) is 3. The van der Waals surface area contributed by atoms with Crippen molar-refractivity contribution in [1.29, 1.82) is 0 Å². The van der Waals surface area contributed by atoms with Crippen LogP contribution < -0.4 is 20.9 Å². The number of benzene rings is 2. The quantitative estimate of drug-likeness (QED) is 0.171. The number of pyridine rings is 1. The topological polar surface area (TPSA) is 103 Å². The molecule has 1 fully saturated rings. The highest BCUT2D eigenvalue weighted by atomic mass is 35.5. The molecular formula is C32H34ClF4N5O3. The van der Waals surface area contributed by atoms with Crippen LogP contribution in [-0.2, 0) is 22.3 Å². The van der Waals surface area contributed by atoms with Crippen molar-refractivity contribution < 1.29 is 31.9 Å². The fourth-order valence-electron chi connectivity index (χ4n) is 5.23. The number of halogens is 5. The van der Waals surface area contributed by atoms with Crippen LogP contribution in [0.3, 0.4) is 0 Å². The van der Waals surface area contributed by atoms with Crippen LogP contribution in [0.5, 0.6) is 0 Å². The number of hydrogen-bond acceptors (Lipinski definition) is 6. The summed E-state index contributed by atoms with van der Waals surface area (Å²) in [5, 5.41) is 8.37. The molecule has 13 heteroatoms. The van der Waals surface area contributed by atoms with Crippen molar-refractivity contribution in [1.82, 2.24) is 20.9 Å². The van der Waals surface area contributed by atoms with Gasteiger partial charge in [-0.2, -0.15) is 13.2 Å². The number of piperidine rings is 1. The van der Waals surface area contributed by atoms with Crippen molar-refractivity contribution in [2.24, 2.45) is 5.92 Å². The zero-order chi connectivity index (χ0) is 32.6. The van der Waals surface area contributed by atoms with Crippen LogP contribution in [0.15, 0.2) is 54.7 Å². The van der Waals surface area contributed by atoms with E-state index < -0.39 is 35.4 Å². The Labute approximate surface area is 263 Å². The molecule has 45 heavy (non-hydrogen) atoms. The molecule has 4 rings (SSSR count). The van der Waals surface area contributed by atoms with Crippen LogP contribution in [0.4, 0.5) is 23.4 Å². The van der Waals surface area contributed by atoms with Crippen molar-refractivity contribution in [2.45, 2.75) is 51.4 Å². The fourth-order valence-corrected chi connectivity index (χ4v) is 5.42. The molecule has 1 unspecified atom stereocenters. The first-order chi connectivity index (χ1) is 21.4. The molecule has 0 spiro atoms. The third-order valence-electron chi connectivity index (χ3n) is 7.69. The lowest BCUT2D eigenvalue weighted by Gasteiger charge is -2.34. The zero-order valence-electron chi connectivity index (χ0n) is 24.6. The summed E-state index contributed by atoms with van der Waals surface area (Å²) in [6.07, 6.45) is -1.21. The van der Waals surface area contributed by atoms with Crippen molar-refractivity contribution in [2.75, 3.05) is 24.5 Å². The highest BCUT2D eigenvalue weighted by Gasteiger charge is 2.37. The van der Waals surface area contributed by atoms with Gasteiger partial charge in [0.2, 0.25) is 12.3 Å². The molecule has 3 aromatic rings. The number of carbonyl (C=O) groups excluding carboxylic acids is 3. The van der Waals surface area contributed by atoms with E-state index in [-0.39, 0.29) is 30.1 Å². The third-order valence-corrected chi connectivity index (χ3v) is 7.92. The van der Waals surface area contributed by atoms with E-state index in [4.69, 9.17) is 11.6 Å². The number of imide groups is 1. The number of aromatic nitrogens is 1. The molecular weight excluding hydrogens is 614 g/mol. The summed E-state index contributed by atoms with van der Waals surface area (Å²) >= 11 is 6.02. The molecule has 0 bridgehead atoms. The summed E-state index contributed by atoms with van der Waals surface area (Å²) in [6.45, 7) is 3.46. The van der Waals surface area contributed by atoms with Crippen LogP contribution in [-0.4, -0.2) is 48.9 Å². The van der Waals surface area contributed by atoms with E-state index >= 15 is 0 Å². The van der Waals surface area contributed by atoms with Crippen LogP contribution in [0.1, 0.15) is 54.1 Å². The summed E-state index contributed by atoms with van der Waals surface area (Å²) in [4.78, 5) is 40.1. The summed E-state index contributed by atoms with van der Waals surface area (Å²) in [7, 11) is 0. The van der Waals surface area contributed by atoms with Gasteiger partial charge in [0.25, 0.3) is 5.91 Å². The summed E-state index contributed by atoms with van der Waals surface area (Å²) in [5.41, 5.74) is 0.624. The van der Waals surface area contributed by atoms with Gasteiger partial charge in [-0.1, -0.05) is 29.8 Å². The van der Waals surface area contributed by atoms with E-state index in [9.17, 15) is 31.9 Å². The van der Waals surface area contributed by atoms with E-state index in [0.29, 0.717) is 67.1 Å². The molecule has 240 valence electrons. The van der Waals surface area contributed by atoms with Gasteiger partial charge in [0, 0.05) is 48.9 Å². The SMILES string of the molecule is CC(CCC(=O)NC=O)NC(=O)c1ccc(CNCC2CCN(c3ncc(-c4cccc(Cl)c4)cc3C(F)(F)F)CC2)cc1F. The second-order valence-corrected chi connectivity index (χ2v) is 11.5. The van der Waals surface area contributed by atoms with E-state index in [1.165, 1.54) is 18.3 Å². The Morgan fingerprint density at radius 1 is 1.11 bits per heavy atom. The van der Waals surface area contributed by atoms with Gasteiger partial charge in [-0.15, -0.1) is 0 Å². The van der Waals surface area contributed by atoms with Gasteiger partial charge in [-0.3, -0.25) is 19.7 Å². The van der Waals surface area contributed by atoms with Gasteiger partial charge in [-0.05, 0) is 80.1 Å². The van der Waals surface area contributed by atoms with Gasteiger partial charge in [0.1, 0.15) is 11.6 Å². The Bertz CT molecular complexity index is 1510. The van der Waals surface area contributed by atoms with E-state index in [2.05, 4.69) is 15.6 Å². The van der Waals surface area contributed by atoms with Gasteiger partial charge in [0.15, 0.2) is 0 Å². The monoisotopic (exact) mass is 647 g/mol. The smallest absolute Gasteiger partial charge is 0.356 e. The molecule has 3 amide bonds. The minimum atomic E-state index is -4.57. The fraction of sp³-hybridized carbons (Fsp3) is 0.375. The predicted molar refractivity (Wildman–Crippen MR) is 163 cm³/mol. The summed E-state index contributed by atoms with van der Waals surface area (Å²) < 4.78 is 56.8. The Kier molecular flexibility index (Phi) is 11.5. The third kappa shape index (κ3) is 9.48. The number of rotatable bonds is 12. The van der Waals surface area contributed by atoms with Crippen LogP contribution in [0.25, 0.3) is 11.1 Å². The minimum Gasteiger partial charge on any atom is -0.356 e. The lowest BCUT2D eigenvalue weighted by molar-refractivity contribution is -0.137. The van der Waals surface area contributed by atoms with Crippen molar-refractivity contribution in [3.8, 4) is 11.1 Å². The Morgan fingerprint density at radius 2 is 1.87 bits per heavy atom. The molecule has 0 radical (unpaired) electrons. The van der Waals surface area contributed by atoms with Crippen LogP contribution in [0, 0.1) is 11.7 Å². The molecule has 1 aromatic heterocycles. The number of nitrogens with zero attached hydrogens (tertiary/aromatic N) is 2. The maximum Gasteiger partial charge on any atom is 0.419 e. The average Bonchev–Trinajstić information content (AvgIpc) is 3.00. The first-order valence-corrected chi connectivity index (χ1v) is 14.9. The van der Waals surface area contributed by atoms with Crippen LogP contribution in [0.2, 0.25) is 5.02 Å². The second kappa shape index (κ2) is 15.3. The lowest BCUT2D eigenvalue weighted by atomic mass is 9.96. The molecule has 1 saturated heterocycles. The average molecular weight is 648 g/mol. The van der Waals surface area contributed by atoms with Gasteiger partial charge in [-0.25, -0.2) is 9.37 Å². The minimum absolute atomic E-state index is 0.0374. The number of anilines is 1. The Hall–Kier alpha value is -4.03. The molecule has 1 aliphatic rings.